The first-order valence-electron chi connectivity index (χ1n) is 6.56. The van der Waals surface area contributed by atoms with Crippen molar-refractivity contribution in [3.63, 3.8) is 0 Å². The van der Waals surface area contributed by atoms with Crippen LogP contribution in [0.1, 0.15) is 5.56 Å². The molecule has 0 radical (unpaired) electrons. The molecule has 1 aliphatic heterocycles. The average Bonchev–Trinajstić information content (AvgIpc) is 2.87. The topological polar surface area (TPSA) is 6.48 Å². The number of nitrogens with zero attached hydrogens (tertiary/aromatic N) is 2. The van der Waals surface area contributed by atoms with Crippen LogP contribution in [0.3, 0.4) is 0 Å². The molecule has 0 spiro atoms. The van der Waals surface area contributed by atoms with Crippen LogP contribution in [0, 0.1) is 0 Å². The quantitative estimate of drug-likeness (QED) is 0.785. The van der Waals surface area contributed by atoms with Gasteiger partial charge < -0.3 is 9.80 Å². The zero-order valence-corrected chi connectivity index (χ0v) is 11.6. The molecule has 2 aromatic rings. The minimum absolute atomic E-state index is 0.673. The standard InChI is InChI=1S/C16H17ClN2/c17-8-9-18-10-11-19(13-18)12-15-6-3-5-14-4-1-2-7-16(14)15/h1-7,10-11H,8-9,12-13H2. The molecular formula is C16H17ClN2. The van der Waals surface area contributed by atoms with Crippen molar-refractivity contribution in [2.75, 3.05) is 19.1 Å². The summed E-state index contributed by atoms with van der Waals surface area (Å²) in [5.74, 6) is 0.673. The normalized spacial score (nSPS) is 14.6. The summed E-state index contributed by atoms with van der Waals surface area (Å²) in [4.78, 5) is 4.55. The molecule has 0 fully saturated rings. The van der Waals surface area contributed by atoms with Crippen molar-refractivity contribution < 1.29 is 0 Å². The van der Waals surface area contributed by atoms with Crippen LogP contribution < -0.4 is 0 Å². The Morgan fingerprint density at radius 3 is 2.63 bits per heavy atom. The molecule has 0 amide bonds. The highest BCUT2D eigenvalue weighted by molar-refractivity contribution is 6.18. The summed E-state index contributed by atoms with van der Waals surface area (Å²) >= 11 is 5.77. The lowest BCUT2D eigenvalue weighted by atomic mass is 10.0. The van der Waals surface area contributed by atoms with Crippen molar-refractivity contribution >= 4 is 22.4 Å². The van der Waals surface area contributed by atoms with Gasteiger partial charge in [-0.15, -0.1) is 11.6 Å². The van der Waals surface area contributed by atoms with Gasteiger partial charge in [-0.25, -0.2) is 0 Å². The first-order chi connectivity index (χ1) is 9.36. The van der Waals surface area contributed by atoms with E-state index < -0.39 is 0 Å². The van der Waals surface area contributed by atoms with Crippen molar-refractivity contribution in [3.8, 4) is 0 Å². The van der Waals surface area contributed by atoms with Gasteiger partial charge in [0.25, 0.3) is 0 Å². The van der Waals surface area contributed by atoms with E-state index in [2.05, 4.69) is 64.7 Å². The van der Waals surface area contributed by atoms with Gasteiger partial charge in [0.15, 0.2) is 0 Å². The third kappa shape index (κ3) is 2.69. The Labute approximate surface area is 118 Å². The molecule has 0 aliphatic carbocycles. The Bertz CT molecular complexity index is 589. The fraction of sp³-hybridized carbons (Fsp3) is 0.250. The Hall–Kier alpha value is -1.67. The molecule has 3 rings (SSSR count). The van der Waals surface area contributed by atoms with E-state index in [9.17, 15) is 0 Å². The van der Waals surface area contributed by atoms with E-state index in [4.69, 9.17) is 11.6 Å². The molecule has 98 valence electrons. The number of rotatable bonds is 4. The fourth-order valence-electron chi connectivity index (χ4n) is 2.52. The van der Waals surface area contributed by atoms with Crippen molar-refractivity contribution in [3.05, 3.63) is 60.4 Å². The highest BCUT2D eigenvalue weighted by Gasteiger charge is 2.12. The second kappa shape index (κ2) is 5.54. The third-order valence-electron chi connectivity index (χ3n) is 3.48. The number of benzene rings is 2. The van der Waals surface area contributed by atoms with E-state index in [1.165, 1.54) is 16.3 Å². The van der Waals surface area contributed by atoms with E-state index >= 15 is 0 Å². The van der Waals surface area contributed by atoms with Crippen molar-refractivity contribution in [1.29, 1.82) is 0 Å². The molecule has 0 bridgehead atoms. The highest BCUT2D eigenvalue weighted by Crippen LogP contribution is 2.21. The molecular weight excluding hydrogens is 256 g/mol. The molecule has 2 aromatic carbocycles. The van der Waals surface area contributed by atoms with E-state index in [0.717, 1.165) is 19.8 Å². The van der Waals surface area contributed by atoms with Gasteiger partial charge in [0.1, 0.15) is 0 Å². The van der Waals surface area contributed by atoms with E-state index in [-0.39, 0.29) is 0 Å². The van der Waals surface area contributed by atoms with Gasteiger partial charge in [-0.05, 0) is 16.3 Å². The zero-order valence-electron chi connectivity index (χ0n) is 10.8. The van der Waals surface area contributed by atoms with Crippen LogP contribution in [0.2, 0.25) is 0 Å². The second-order valence-electron chi connectivity index (χ2n) is 4.83. The molecule has 2 nitrogen and oxygen atoms in total. The smallest absolute Gasteiger partial charge is 0.0897 e. The molecule has 3 heteroatoms. The third-order valence-corrected chi connectivity index (χ3v) is 3.65. The summed E-state index contributed by atoms with van der Waals surface area (Å²) in [6.45, 7) is 2.77. The highest BCUT2D eigenvalue weighted by atomic mass is 35.5. The SMILES string of the molecule is ClCCN1C=CN(Cc2cccc3ccccc23)C1. The predicted molar refractivity (Wildman–Crippen MR) is 80.9 cm³/mol. The van der Waals surface area contributed by atoms with Crippen molar-refractivity contribution in [2.24, 2.45) is 0 Å². The van der Waals surface area contributed by atoms with Crippen molar-refractivity contribution in [1.82, 2.24) is 9.80 Å². The number of hydrogen-bond acceptors (Lipinski definition) is 2. The van der Waals surface area contributed by atoms with E-state index in [0.29, 0.717) is 5.88 Å². The largest absolute Gasteiger partial charge is 0.357 e. The van der Waals surface area contributed by atoms with Gasteiger partial charge in [-0.3, -0.25) is 0 Å². The maximum Gasteiger partial charge on any atom is 0.0897 e. The minimum atomic E-state index is 0.673. The summed E-state index contributed by atoms with van der Waals surface area (Å²) in [5.41, 5.74) is 1.37. The Morgan fingerprint density at radius 1 is 0.947 bits per heavy atom. The lowest BCUT2D eigenvalue weighted by molar-refractivity contribution is 0.269. The summed E-state index contributed by atoms with van der Waals surface area (Å²) in [6.07, 6.45) is 4.27. The molecule has 0 atom stereocenters. The summed E-state index contributed by atoms with van der Waals surface area (Å²) in [7, 11) is 0. The minimum Gasteiger partial charge on any atom is -0.357 e. The molecule has 1 heterocycles. The lowest BCUT2D eigenvalue weighted by Gasteiger charge is -2.21. The molecule has 0 saturated carbocycles. The molecule has 0 unspecified atom stereocenters. The molecule has 1 aliphatic rings. The molecule has 0 N–H and O–H groups in total. The number of alkyl halides is 1. The van der Waals surface area contributed by atoms with E-state index in [1.807, 2.05) is 0 Å². The van der Waals surface area contributed by atoms with Crippen molar-refractivity contribution in [2.45, 2.75) is 6.54 Å². The van der Waals surface area contributed by atoms with Crippen LogP contribution in [0.25, 0.3) is 10.8 Å². The maximum absolute atomic E-state index is 5.77. The van der Waals surface area contributed by atoms with Crippen LogP contribution in [-0.4, -0.2) is 28.9 Å². The summed E-state index contributed by atoms with van der Waals surface area (Å²) in [6, 6.07) is 15.1. The van der Waals surface area contributed by atoms with Gasteiger partial charge in [0.05, 0.1) is 6.67 Å². The van der Waals surface area contributed by atoms with Gasteiger partial charge >= 0.3 is 0 Å². The van der Waals surface area contributed by atoms with E-state index in [1.54, 1.807) is 0 Å². The van der Waals surface area contributed by atoms with Gasteiger partial charge in [0, 0.05) is 31.4 Å². The van der Waals surface area contributed by atoms with Crippen LogP contribution in [0.4, 0.5) is 0 Å². The fourth-order valence-corrected chi connectivity index (χ4v) is 2.74. The molecule has 0 aromatic heterocycles. The number of fused-ring (bicyclic) bond motifs is 1. The maximum atomic E-state index is 5.77. The zero-order chi connectivity index (χ0) is 13.1. The predicted octanol–water partition coefficient (Wildman–Crippen LogP) is 3.62. The number of halogens is 1. The Kier molecular flexibility index (Phi) is 3.60. The van der Waals surface area contributed by atoms with Crippen LogP contribution in [-0.2, 0) is 6.54 Å². The first kappa shape index (κ1) is 12.4. The van der Waals surface area contributed by atoms with Crippen LogP contribution >= 0.6 is 11.6 Å². The molecule has 19 heavy (non-hydrogen) atoms. The monoisotopic (exact) mass is 272 g/mol. The van der Waals surface area contributed by atoms with Crippen LogP contribution in [0.5, 0.6) is 0 Å². The average molecular weight is 273 g/mol. The molecule has 0 saturated heterocycles. The number of hydrogen-bond donors (Lipinski definition) is 0. The van der Waals surface area contributed by atoms with Gasteiger partial charge in [-0.2, -0.15) is 0 Å². The lowest BCUT2D eigenvalue weighted by Crippen LogP contribution is -2.26. The van der Waals surface area contributed by atoms with Gasteiger partial charge in [-0.1, -0.05) is 42.5 Å². The summed E-state index contributed by atoms with van der Waals surface area (Å²) in [5, 5.41) is 2.65. The second-order valence-corrected chi connectivity index (χ2v) is 5.20. The van der Waals surface area contributed by atoms with Crippen LogP contribution in [0.15, 0.2) is 54.9 Å². The first-order valence-corrected chi connectivity index (χ1v) is 7.09. The van der Waals surface area contributed by atoms with Gasteiger partial charge in [0.2, 0.25) is 0 Å². The Morgan fingerprint density at radius 2 is 1.74 bits per heavy atom. The Balaban J connectivity index is 1.78. The summed E-state index contributed by atoms with van der Waals surface area (Å²) < 4.78 is 0.